The van der Waals surface area contributed by atoms with Crippen molar-refractivity contribution in [2.24, 2.45) is 5.92 Å². The number of carbonyl (C=O) groups is 1. The van der Waals surface area contributed by atoms with Crippen molar-refractivity contribution in [1.29, 1.82) is 0 Å². The predicted octanol–water partition coefficient (Wildman–Crippen LogP) is 3.29. The van der Waals surface area contributed by atoms with Gasteiger partial charge in [-0.15, -0.1) is 0 Å². The minimum Gasteiger partial charge on any atom is -0.379 e. The van der Waals surface area contributed by atoms with Gasteiger partial charge in [0.1, 0.15) is 0 Å². The summed E-state index contributed by atoms with van der Waals surface area (Å²) in [6, 6.07) is 16.4. The van der Waals surface area contributed by atoms with E-state index in [9.17, 15) is 4.79 Å². The minimum absolute atomic E-state index is 0.0194. The molecule has 186 valence electrons. The number of anilines is 3. The molecule has 8 nitrogen and oxygen atoms in total. The van der Waals surface area contributed by atoms with Crippen LogP contribution in [0.3, 0.4) is 0 Å². The maximum atomic E-state index is 12.9. The van der Waals surface area contributed by atoms with E-state index in [0.29, 0.717) is 0 Å². The number of nitrogens with zero attached hydrogens (tertiary/aromatic N) is 5. The Morgan fingerprint density at radius 2 is 1.71 bits per heavy atom. The molecule has 0 saturated carbocycles. The van der Waals surface area contributed by atoms with E-state index in [-0.39, 0.29) is 11.8 Å². The largest absolute Gasteiger partial charge is 0.379 e. The number of nitrogens with one attached hydrogen (secondary N) is 1. The second kappa shape index (κ2) is 10.7. The molecule has 0 atom stereocenters. The van der Waals surface area contributed by atoms with Gasteiger partial charge >= 0.3 is 0 Å². The van der Waals surface area contributed by atoms with Gasteiger partial charge in [-0.3, -0.25) is 9.69 Å². The third-order valence-electron chi connectivity index (χ3n) is 7.18. The standard InChI is InChI=1S/C27H36N6O2/c1-30(2)23-9-7-22(8-10-23)28-26(34)21-11-13-32(14-12-21)27-29-24-5-3-4-6-25(24)33(27)16-15-31-17-19-35-20-18-31/h3-10,21H,11-20H2,1-2H3,(H,28,34). The lowest BCUT2D eigenvalue weighted by Crippen LogP contribution is -2.40. The zero-order valence-corrected chi connectivity index (χ0v) is 20.8. The molecular formula is C27H36N6O2. The molecule has 5 rings (SSSR count). The second-order valence-corrected chi connectivity index (χ2v) is 9.70. The molecule has 3 aromatic rings. The summed E-state index contributed by atoms with van der Waals surface area (Å²) in [4.78, 5) is 24.8. The molecule has 0 bridgehead atoms. The molecule has 0 aliphatic carbocycles. The van der Waals surface area contributed by atoms with Gasteiger partial charge in [0.05, 0.1) is 24.2 Å². The van der Waals surface area contributed by atoms with Crippen LogP contribution < -0.4 is 15.1 Å². The number of amides is 1. The first-order valence-corrected chi connectivity index (χ1v) is 12.7. The zero-order chi connectivity index (χ0) is 24.2. The van der Waals surface area contributed by atoms with Crippen molar-refractivity contribution >= 4 is 34.3 Å². The first-order valence-electron chi connectivity index (χ1n) is 12.7. The molecule has 2 aromatic carbocycles. The van der Waals surface area contributed by atoms with Gasteiger partial charge in [-0.05, 0) is 49.2 Å². The summed E-state index contributed by atoms with van der Waals surface area (Å²) in [5.74, 6) is 1.16. The Labute approximate surface area is 207 Å². The Morgan fingerprint density at radius 1 is 1.00 bits per heavy atom. The van der Waals surface area contributed by atoms with Crippen LogP contribution in [0.15, 0.2) is 48.5 Å². The minimum atomic E-state index is 0.0194. The molecule has 35 heavy (non-hydrogen) atoms. The van der Waals surface area contributed by atoms with E-state index in [0.717, 1.165) is 88.2 Å². The van der Waals surface area contributed by atoms with Crippen molar-refractivity contribution in [2.45, 2.75) is 19.4 Å². The third-order valence-corrected chi connectivity index (χ3v) is 7.18. The Balaban J connectivity index is 1.23. The van der Waals surface area contributed by atoms with Crippen molar-refractivity contribution in [2.75, 3.05) is 75.1 Å². The van der Waals surface area contributed by atoms with Crippen LogP contribution in [-0.4, -0.2) is 80.4 Å². The van der Waals surface area contributed by atoms with Gasteiger partial charge in [-0.25, -0.2) is 4.98 Å². The van der Waals surface area contributed by atoms with Crippen LogP contribution in [0.4, 0.5) is 17.3 Å². The highest BCUT2D eigenvalue weighted by Crippen LogP contribution is 2.28. The van der Waals surface area contributed by atoms with E-state index in [1.165, 1.54) is 5.52 Å². The summed E-state index contributed by atoms with van der Waals surface area (Å²) in [7, 11) is 4.02. The molecule has 1 aromatic heterocycles. The lowest BCUT2D eigenvalue weighted by Gasteiger charge is -2.33. The fourth-order valence-electron chi connectivity index (χ4n) is 5.02. The van der Waals surface area contributed by atoms with E-state index in [1.807, 2.05) is 44.4 Å². The number of rotatable bonds is 7. The number of benzene rings is 2. The summed E-state index contributed by atoms with van der Waals surface area (Å²) in [5.41, 5.74) is 4.18. The van der Waals surface area contributed by atoms with Crippen molar-refractivity contribution in [3.8, 4) is 0 Å². The fraction of sp³-hybridized carbons (Fsp3) is 0.481. The van der Waals surface area contributed by atoms with Crippen LogP contribution in [0.25, 0.3) is 11.0 Å². The van der Waals surface area contributed by atoms with Crippen molar-refractivity contribution in [3.05, 3.63) is 48.5 Å². The number of imidazole rings is 1. The summed E-state index contributed by atoms with van der Waals surface area (Å²) < 4.78 is 7.86. The summed E-state index contributed by atoms with van der Waals surface area (Å²) >= 11 is 0. The van der Waals surface area contributed by atoms with Gasteiger partial charge in [0, 0.05) is 70.7 Å². The molecule has 0 radical (unpaired) electrons. The van der Waals surface area contributed by atoms with Crippen LogP contribution in [0.2, 0.25) is 0 Å². The summed E-state index contributed by atoms with van der Waals surface area (Å²) in [5, 5.41) is 3.11. The lowest BCUT2D eigenvalue weighted by atomic mass is 9.96. The van der Waals surface area contributed by atoms with Crippen LogP contribution in [0, 0.1) is 5.92 Å². The molecule has 1 N–H and O–H groups in total. The number of piperidine rings is 1. The highest BCUT2D eigenvalue weighted by Gasteiger charge is 2.28. The SMILES string of the molecule is CN(C)c1ccc(NC(=O)C2CCN(c3nc4ccccc4n3CCN3CCOCC3)CC2)cc1. The number of ether oxygens (including phenoxy) is 1. The van der Waals surface area contributed by atoms with E-state index >= 15 is 0 Å². The first-order chi connectivity index (χ1) is 17.1. The van der Waals surface area contributed by atoms with Crippen LogP contribution in [0.1, 0.15) is 12.8 Å². The Morgan fingerprint density at radius 3 is 2.43 bits per heavy atom. The van der Waals surface area contributed by atoms with Gasteiger partial charge in [0.25, 0.3) is 0 Å². The number of para-hydroxylation sites is 2. The number of aromatic nitrogens is 2. The third kappa shape index (κ3) is 5.44. The molecular weight excluding hydrogens is 440 g/mol. The molecule has 8 heteroatoms. The normalized spacial score (nSPS) is 17.6. The second-order valence-electron chi connectivity index (χ2n) is 9.70. The first kappa shape index (κ1) is 23.6. The van der Waals surface area contributed by atoms with E-state index in [4.69, 9.17) is 9.72 Å². The van der Waals surface area contributed by atoms with Crippen molar-refractivity contribution in [1.82, 2.24) is 14.5 Å². The summed E-state index contributed by atoms with van der Waals surface area (Å²) in [6.45, 7) is 7.15. The van der Waals surface area contributed by atoms with Gasteiger partial charge in [-0.2, -0.15) is 0 Å². The molecule has 2 fully saturated rings. The highest BCUT2D eigenvalue weighted by atomic mass is 16.5. The Bertz CT molecular complexity index is 1130. The molecule has 0 spiro atoms. The monoisotopic (exact) mass is 476 g/mol. The van der Waals surface area contributed by atoms with Gasteiger partial charge in [-0.1, -0.05) is 12.1 Å². The van der Waals surface area contributed by atoms with Gasteiger partial charge in [0.2, 0.25) is 11.9 Å². The van der Waals surface area contributed by atoms with E-state index < -0.39 is 0 Å². The van der Waals surface area contributed by atoms with Gasteiger partial charge < -0.3 is 24.4 Å². The number of carbonyl (C=O) groups excluding carboxylic acids is 1. The topological polar surface area (TPSA) is 65.9 Å². The number of morpholine rings is 1. The average Bonchev–Trinajstić information content (AvgIpc) is 3.27. The van der Waals surface area contributed by atoms with Crippen molar-refractivity contribution < 1.29 is 9.53 Å². The quantitative estimate of drug-likeness (QED) is 0.565. The smallest absolute Gasteiger partial charge is 0.227 e. The molecule has 0 unspecified atom stereocenters. The average molecular weight is 477 g/mol. The Kier molecular flexibility index (Phi) is 7.20. The molecule has 2 aliphatic heterocycles. The predicted molar refractivity (Wildman–Crippen MR) is 141 cm³/mol. The highest BCUT2D eigenvalue weighted by molar-refractivity contribution is 5.93. The number of hydrogen-bond donors (Lipinski definition) is 1. The molecule has 1 amide bonds. The Hall–Kier alpha value is -3.10. The maximum absolute atomic E-state index is 12.9. The molecule has 2 saturated heterocycles. The molecule has 2 aliphatic rings. The summed E-state index contributed by atoms with van der Waals surface area (Å²) in [6.07, 6.45) is 1.66. The maximum Gasteiger partial charge on any atom is 0.227 e. The number of hydrogen-bond acceptors (Lipinski definition) is 6. The van der Waals surface area contributed by atoms with E-state index in [2.05, 4.69) is 42.8 Å². The molecule has 3 heterocycles. The van der Waals surface area contributed by atoms with Gasteiger partial charge in [0.15, 0.2) is 0 Å². The zero-order valence-electron chi connectivity index (χ0n) is 20.8. The fourth-order valence-corrected chi connectivity index (χ4v) is 5.02. The lowest BCUT2D eigenvalue weighted by molar-refractivity contribution is -0.120. The van der Waals surface area contributed by atoms with E-state index in [1.54, 1.807) is 0 Å². The number of fused-ring (bicyclic) bond motifs is 1. The van der Waals surface area contributed by atoms with Crippen LogP contribution in [0.5, 0.6) is 0 Å². The van der Waals surface area contributed by atoms with Crippen LogP contribution >= 0.6 is 0 Å². The van der Waals surface area contributed by atoms with Crippen LogP contribution in [-0.2, 0) is 16.1 Å². The van der Waals surface area contributed by atoms with Crippen molar-refractivity contribution in [3.63, 3.8) is 0 Å².